The fourth-order valence-corrected chi connectivity index (χ4v) is 2.29. The molecule has 0 aliphatic rings. The van der Waals surface area contributed by atoms with Gasteiger partial charge in [0.25, 0.3) is 0 Å². The number of thiophene rings is 1. The SMILES string of the molecule is CC(C)CCNC(CC(=O)O)C(=O)c1cccs1. The molecule has 0 aromatic carbocycles. The lowest BCUT2D eigenvalue weighted by molar-refractivity contribution is -0.137. The molecular formula is C13H19NO3S. The Morgan fingerprint density at radius 1 is 1.44 bits per heavy atom. The summed E-state index contributed by atoms with van der Waals surface area (Å²) in [5.41, 5.74) is 0. The molecule has 1 aromatic heterocycles. The molecule has 0 amide bonds. The maximum atomic E-state index is 12.1. The van der Waals surface area contributed by atoms with Crippen molar-refractivity contribution in [2.45, 2.75) is 32.7 Å². The fraction of sp³-hybridized carbons (Fsp3) is 0.538. The molecule has 0 fully saturated rings. The summed E-state index contributed by atoms with van der Waals surface area (Å²) in [6.45, 7) is 4.84. The van der Waals surface area contributed by atoms with Gasteiger partial charge in [-0.15, -0.1) is 11.3 Å². The van der Waals surface area contributed by atoms with Crippen LogP contribution in [0.15, 0.2) is 17.5 Å². The van der Waals surface area contributed by atoms with Crippen LogP contribution in [-0.4, -0.2) is 29.4 Å². The second-order valence-corrected chi connectivity index (χ2v) is 5.58. The number of hydrogen-bond donors (Lipinski definition) is 2. The van der Waals surface area contributed by atoms with Gasteiger partial charge in [0.15, 0.2) is 5.78 Å². The third-order valence-corrected chi connectivity index (χ3v) is 3.46. The van der Waals surface area contributed by atoms with E-state index in [1.807, 2.05) is 5.38 Å². The summed E-state index contributed by atoms with van der Waals surface area (Å²) in [6.07, 6.45) is 0.753. The number of Topliss-reactive ketones (excluding diaryl/α,β-unsaturated/α-hetero) is 1. The topological polar surface area (TPSA) is 66.4 Å². The first-order valence-electron chi connectivity index (χ1n) is 6.03. The van der Waals surface area contributed by atoms with Crippen LogP contribution in [0.4, 0.5) is 0 Å². The van der Waals surface area contributed by atoms with Gasteiger partial charge in [-0.3, -0.25) is 9.59 Å². The number of carbonyl (C=O) groups excluding carboxylic acids is 1. The number of carboxylic acid groups (broad SMARTS) is 1. The highest BCUT2D eigenvalue weighted by molar-refractivity contribution is 7.12. The van der Waals surface area contributed by atoms with E-state index in [-0.39, 0.29) is 12.2 Å². The van der Waals surface area contributed by atoms with Gasteiger partial charge in [0.05, 0.1) is 17.3 Å². The third-order valence-electron chi connectivity index (χ3n) is 2.57. The van der Waals surface area contributed by atoms with E-state index in [4.69, 9.17) is 5.11 Å². The third kappa shape index (κ3) is 4.98. The van der Waals surface area contributed by atoms with Crippen LogP contribution in [0, 0.1) is 5.92 Å². The predicted molar refractivity (Wildman–Crippen MR) is 72.1 cm³/mol. The van der Waals surface area contributed by atoms with Crippen LogP contribution in [0.3, 0.4) is 0 Å². The minimum Gasteiger partial charge on any atom is -0.481 e. The average Bonchev–Trinajstić information content (AvgIpc) is 2.79. The Kier molecular flexibility index (Phi) is 6.01. The zero-order chi connectivity index (χ0) is 13.5. The van der Waals surface area contributed by atoms with Crippen molar-refractivity contribution in [3.8, 4) is 0 Å². The highest BCUT2D eigenvalue weighted by Gasteiger charge is 2.22. The number of nitrogens with one attached hydrogen (secondary N) is 1. The monoisotopic (exact) mass is 269 g/mol. The van der Waals surface area contributed by atoms with Crippen molar-refractivity contribution in [1.29, 1.82) is 0 Å². The Balaban J connectivity index is 2.60. The van der Waals surface area contributed by atoms with Gasteiger partial charge in [0.1, 0.15) is 0 Å². The van der Waals surface area contributed by atoms with Crippen LogP contribution in [0.2, 0.25) is 0 Å². The van der Waals surface area contributed by atoms with Crippen molar-refractivity contribution in [3.05, 3.63) is 22.4 Å². The summed E-state index contributed by atoms with van der Waals surface area (Å²) in [7, 11) is 0. The van der Waals surface area contributed by atoms with Gasteiger partial charge in [0, 0.05) is 0 Å². The van der Waals surface area contributed by atoms with E-state index >= 15 is 0 Å². The molecule has 5 heteroatoms. The van der Waals surface area contributed by atoms with Gasteiger partial charge in [-0.25, -0.2) is 0 Å². The quantitative estimate of drug-likeness (QED) is 0.711. The highest BCUT2D eigenvalue weighted by Crippen LogP contribution is 2.13. The molecule has 1 unspecified atom stereocenters. The lowest BCUT2D eigenvalue weighted by Crippen LogP contribution is -2.39. The van der Waals surface area contributed by atoms with E-state index in [0.29, 0.717) is 17.3 Å². The van der Waals surface area contributed by atoms with Crippen LogP contribution < -0.4 is 5.32 Å². The zero-order valence-electron chi connectivity index (χ0n) is 10.7. The summed E-state index contributed by atoms with van der Waals surface area (Å²) in [5.74, 6) is -0.557. The van der Waals surface area contributed by atoms with Gasteiger partial charge in [0.2, 0.25) is 0 Å². The molecule has 1 atom stereocenters. The Bertz CT molecular complexity index is 387. The van der Waals surface area contributed by atoms with Gasteiger partial charge in [-0.2, -0.15) is 0 Å². The molecule has 0 bridgehead atoms. The smallest absolute Gasteiger partial charge is 0.305 e. The average molecular weight is 269 g/mol. The highest BCUT2D eigenvalue weighted by atomic mass is 32.1. The van der Waals surface area contributed by atoms with Crippen LogP contribution in [0.1, 0.15) is 36.4 Å². The Morgan fingerprint density at radius 2 is 2.17 bits per heavy atom. The molecule has 0 aliphatic carbocycles. The molecule has 0 saturated carbocycles. The van der Waals surface area contributed by atoms with E-state index < -0.39 is 12.0 Å². The van der Waals surface area contributed by atoms with E-state index in [2.05, 4.69) is 19.2 Å². The fourth-order valence-electron chi connectivity index (χ4n) is 1.57. The minimum atomic E-state index is -0.957. The van der Waals surface area contributed by atoms with E-state index in [1.54, 1.807) is 12.1 Å². The number of ketones is 1. The molecule has 1 rings (SSSR count). The first-order chi connectivity index (χ1) is 8.50. The number of rotatable bonds is 8. The Morgan fingerprint density at radius 3 is 2.67 bits per heavy atom. The predicted octanol–water partition coefficient (Wildman–Crippen LogP) is 2.41. The molecule has 0 spiro atoms. The van der Waals surface area contributed by atoms with Crippen molar-refractivity contribution < 1.29 is 14.7 Å². The van der Waals surface area contributed by atoms with Crippen LogP contribution in [0.5, 0.6) is 0 Å². The minimum absolute atomic E-state index is 0.129. The summed E-state index contributed by atoms with van der Waals surface area (Å²) in [4.78, 5) is 23.5. The summed E-state index contributed by atoms with van der Waals surface area (Å²) in [6, 6.07) is 2.90. The van der Waals surface area contributed by atoms with Crippen LogP contribution in [0.25, 0.3) is 0 Å². The molecule has 4 nitrogen and oxygen atoms in total. The van der Waals surface area contributed by atoms with Crippen LogP contribution >= 0.6 is 11.3 Å². The molecule has 0 saturated heterocycles. The summed E-state index contributed by atoms with van der Waals surface area (Å²) >= 11 is 1.34. The summed E-state index contributed by atoms with van der Waals surface area (Å²) < 4.78 is 0. The van der Waals surface area contributed by atoms with Gasteiger partial charge in [-0.1, -0.05) is 19.9 Å². The standard InChI is InChI=1S/C13H19NO3S/c1-9(2)5-6-14-10(8-12(15)16)13(17)11-4-3-7-18-11/h3-4,7,9-10,14H,5-6,8H2,1-2H3,(H,15,16). The molecule has 1 aromatic rings. The molecule has 18 heavy (non-hydrogen) atoms. The Labute approximate surface area is 111 Å². The van der Waals surface area contributed by atoms with Gasteiger partial charge >= 0.3 is 5.97 Å². The number of carboxylic acids is 1. The van der Waals surface area contributed by atoms with Gasteiger partial charge < -0.3 is 10.4 Å². The van der Waals surface area contributed by atoms with Crippen molar-refractivity contribution in [2.24, 2.45) is 5.92 Å². The first-order valence-corrected chi connectivity index (χ1v) is 6.91. The van der Waals surface area contributed by atoms with Crippen molar-refractivity contribution in [2.75, 3.05) is 6.54 Å². The van der Waals surface area contributed by atoms with Crippen molar-refractivity contribution in [1.82, 2.24) is 5.32 Å². The molecule has 2 N–H and O–H groups in total. The maximum absolute atomic E-state index is 12.1. The second kappa shape index (κ2) is 7.28. The van der Waals surface area contributed by atoms with Crippen molar-refractivity contribution in [3.63, 3.8) is 0 Å². The van der Waals surface area contributed by atoms with Crippen molar-refractivity contribution >= 4 is 23.1 Å². The normalized spacial score (nSPS) is 12.6. The maximum Gasteiger partial charge on any atom is 0.305 e. The molecule has 0 radical (unpaired) electrons. The lowest BCUT2D eigenvalue weighted by atomic mass is 10.1. The van der Waals surface area contributed by atoms with E-state index in [1.165, 1.54) is 11.3 Å². The first kappa shape index (κ1) is 14.9. The number of aliphatic carboxylic acids is 1. The summed E-state index contributed by atoms with van der Waals surface area (Å²) in [5, 5.41) is 13.7. The van der Waals surface area contributed by atoms with E-state index in [9.17, 15) is 9.59 Å². The number of carbonyl (C=O) groups is 2. The second-order valence-electron chi connectivity index (χ2n) is 4.63. The molecule has 1 heterocycles. The number of hydrogen-bond acceptors (Lipinski definition) is 4. The Hall–Kier alpha value is -1.20. The molecule has 100 valence electrons. The largest absolute Gasteiger partial charge is 0.481 e. The van der Waals surface area contributed by atoms with Gasteiger partial charge in [-0.05, 0) is 30.3 Å². The van der Waals surface area contributed by atoms with E-state index in [0.717, 1.165) is 6.42 Å². The molecular weight excluding hydrogens is 250 g/mol. The lowest BCUT2D eigenvalue weighted by Gasteiger charge is -2.15. The zero-order valence-corrected chi connectivity index (χ0v) is 11.5. The molecule has 0 aliphatic heterocycles. The van der Waals surface area contributed by atoms with Crippen LogP contribution in [-0.2, 0) is 4.79 Å².